The molecule has 5 heterocycles. The van der Waals surface area contributed by atoms with Gasteiger partial charge in [0.05, 0.1) is 34.8 Å². The van der Waals surface area contributed by atoms with E-state index in [0.29, 0.717) is 16.9 Å². The van der Waals surface area contributed by atoms with Crippen LogP contribution in [0.15, 0.2) is 65.8 Å². The topological polar surface area (TPSA) is 112 Å². The molecule has 8 rings (SSSR count). The van der Waals surface area contributed by atoms with Crippen molar-refractivity contribution in [3.63, 3.8) is 0 Å². The van der Waals surface area contributed by atoms with Crippen molar-refractivity contribution in [2.75, 3.05) is 0 Å². The minimum atomic E-state index is -0.124. The van der Waals surface area contributed by atoms with Crippen LogP contribution >= 0.6 is 11.6 Å². The van der Waals surface area contributed by atoms with Crippen LogP contribution in [0, 0.1) is 12.8 Å². The van der Waals surface area contributed by atoms with Crippen molar-refractivity contribution in [3.05, 3.63) is 93.6 Å². The summed E-state index contributed by atoms with van der Waals surface area (Å²) in [6, 6.07) is 15.5. The number of pyridine rings is 1. The van der Waals surface area contributed by atoms with Crippen molar-refractivity contribution in [1.29, 1.82) is 0 Å². The molecule has 3 atom stereocenters. The number of hydrogen-bond acceptors (Lipinski definition) is 6. The number of benzene rings is 2. The van der Waals surface area contributed by atoms with Gasteiger partial charge in [-0.3, -0.25) is 9.48 Å². The predicted molar refractivity (Wildman–Crippen MR) is 146 cm³/mol. The number of imidazole rings is 1. The van der Waals surface area contributed by atoms with Crippen molar-refractivity contribution in [2.24, 2.45) is 13.0 Å². The zero-order valence-corrected chi connectivity index (χ0v) is 21.8. The quantitative estimate of drug-likeness (QED) is 0.357. The van der Waals surface area contributed by atoms with Crippen molar-refractivity contribution in [1.82, 2.24) is 44.5 Å². The van der Waals surface area contributed by atoms with E-state index in [-0.39, 0.29) is 11.6 Å². The second-order valence-electron chi connectivity index (χ2n) is 10.4. The van der Waals surface area contributed by atoms with E-state index in [1.807, 2.05) is 41.5 Å². The van der Waals surface area contributed by atoms with Gasteiger partial charge >= 0.3 is 0 Å². The van der Waals surface area contributed by atoms with E-state index in [4.69, 9.17) is 16.6 Å². The largest absolute Gasteiger partial charge is 0.340 e. The van der Waals surface area contributed by atoms with Gasteiger partial charge in [-0.15, -0.1) is 5.10 Å². The molecule has 1 fully saturated rings. The zero-order valence-electron chi connectivity index (χ0n) is 21.1. The minimum Gasteiger partial charge on any atom is -0.340 e. The molecule has 1 aliphatic carbocycles. The molecule has 6 aromatic rings. The Morgan fingerprint density at radius 1 is 1.08 bits per heavy atom. The second kappa shape index (κ2) is 7.97. The summed E-state index contributed by atoms with van der Waals surface area (Å²) >= 11 is 6.36. The molecular formula is C28H22ClN9O. The number of aryl methyl sites for hydroxylation is 2. The Bertz CT molecular complexity index is 1980. The Balaban J connectivity index is 1.19. The number of tetrazole rings is 1. The van der Waals surface area contributed by atoms with Gasteiger partial charge in [0.1, 0.15) is 12.2 Å². The lowest BCUT2D eigenvalue weighted by atomic mass is 10.0. The number of halogens is 1. The van der Waals surface area contributed by atoms with Crippen LogP contribution in [0.2, 0.25) is 5.02 Å². The molecule has 192 valence electrons. The molecule has 4 aromatic heterocycles. The summed E-state index contributed by atoms with van der Waals surface area (Å²) in [6.45, 7) is 2.02. The summed E-state index contributed by atoms with van der Waals surface area (Å²) < 4.78 is 5.38. The van der Waals surface area contributed by atoms with Crippen LogP contribution in [-0.4, -0.2) is 44.5 Å². The standard InChI is InChI=1S/C28H22ClN9O/c1-14-18-5-3-15(7-24(18)36(2)33-14)22-12-30-28(32-22)27-21-11-20(21)25-8-16(9-26(39)38(25)27)19-10-17(29)4-6-23(19)37-13-31-34-35-37/h3-10,12-13,20-21,27H,11H2,1-2H3,(H,30,32). The summed E-state index contributed by atoms with van der Waals surface area (Å²) in [5.74, 6) is 1.47. The molecule has 0 amide bonds. The fourth-order valence-corrected chi connectivity index (χ4v) is 6.38. The predicted octanol–water partition coefficient (Wildman–Crippen LogP) is 4.44. The number of H-pyrrole nitrogens is 1. The van der Waals surface area contributed by atoms with Gasteiger partial charge in [0.25, 0.3) is 5.56 Å². The summed E-state index contributed by atoms with van der Waals surface area (Å²) in [4.78, 5) is 21.9. The average Bonchev–Trinajstić information content (AvgIpc) is 3.33. The Labute approximate surface area is 226 Å². The molecule has 39 heavy (non-hydrogen) atoms. The number of hydrogen-bond donors (Lipinski definition) is 1. The number of nitrogens with one attached hydrogen (secondary N) is 1. The molecule has 1 N–H and O–H groups in total. The third-order valence-electron chi connectivity index (χ3n) is 8.09. The molecule has 1 aliphatic heterocycles. The molecule has 2 aliphatic rings. The van der Waals surface area contributed by atoms with Crippen molar-refractivity contribution >= 4 is 22.5 Å². The Hall–Kier alpha value is -4.57. The van der Waals surface area contributed by atoms with E-state index in [0.717, 1.165) is 62.6 Å². The fraction of sp³-hybridized carbons (Fsp3) is 0.214. The normalized spacial score (nSPS) is 19.4. The zero-order chi connectivity index (χ0) is 26.4. The molecule has 2 aromatic carbocycles. The molecule has 1 saturated carbocycles. The molecule has 11 heteroatoms. The fourth-order valence-electron chi connectivity index (χ4n) is 6.21. The number of aromatic amines is 1. The Morgan fingerprint density at radius 3 is 2.82 bits per heavy atom. The maximum absolute atomic E-state index is 13.6. The van der Waals surface area contributed by atoms with E-state index in [1.54, 1.807) is 16.8 Å². The molecule has 10 nitrogen and oxygen atoms in total. The molecule has 0 saturated heterocycles. The Kier molecular flexibility index (Phi) is 4.58. The van der Waals surface area contributed by atoms with E-state index >= 15 is 0 Å². The van der Waals surface area contributed by atoms with Gasteiger partial charge in [-0.1, -0.05) is 23.7 Å². The SMILES string of the molecule is Cc1nn(C)c2cc(-c3cnc(C4C5CC5c5cc(-c6cc(Cl)ccc6-n6cnnn6)cc(=O)n54)[nH]3)ccc12. The first-order chi connectivity index (χ1) is 19.0. The lowest BCUT2D eigenvalue weighted by molar-refractivity contribution is 0.515. The monoisotopic (exact) mass is 535 g/mol. The van der Waals surface area contributed by atoms with E-state index in [9.17, 15) is 4.79 Å². The van der Waals surface area contributed by atoms with Crippen LogP contribution < -0.4 is 5.56 Å². The van der Waals surface area contributed by atoms with Crippen LogP contribution in [0.5, 0.6) is 0 Å². The van der Waals surface area contributed by atoms with Crippen LogP contribution in [-0.2, 0) is 7.05 Å². The highest BCUT2D eigenvalue weighted by Crippen LogP contribution is 2.60. The lowest BCUT2D eigenvalue weighted by Crippen LogP contribution is -2.26. The maximum Gasteiger partial charge on any atom is 0.252 e. The van der Waals surface area contributed by atoms with E-state index in [1.165, 1.54) is 6.33 Å². The highest BCUT2D eigenvalue weighted by Gasteiger charge is 2.54. The first kappa shape index (κ1) is 22.4. The minimum absolute atomic E-state index is 0.0629. The third kappa shape index (κ3) is 3.34. The lowest BCUT2D eigenvalue weighted by Gasteiger charge is -2.18. The van der Waals surface area contributed by atoms with Gasteiger partial charge in [0.2, 0.25) is 0 Å². The number of aromatic nitrogens is 9. The first-order valence-electron chi connectivity index (χ1n) is 12.7. The van der Waals surface area contributed by atoms with Gasteiger partial charge in [-0.05, 0) is 65.6 Å². The number of fused-ring (bicyclic) bond motifs is 4. The average molecular weight is 536 g/mol. The van der Waals surface area contributed by atoms with E-state index < -0.39 is 0 Å². The van der Waals surface area contributed by atoms with Crippen LogP contribution in [0.25, 0.3) is 39.0 Å². The van der Waals surface area contributed by atoms with Gasteiger partial charge < -0.3 is 9.55 Å². The number of nitrogens with zero attached hydrogens (tertiary/aromatic N) is 8. The third-order valence-corrected chi connectivity index (χ3v) is 8.32. The molecular weight excluding hydrogens is 514 g/mol. The van der Waals surface area contributed by atoms with Crippen LogP contribution in [0.1, 0.15) is 35.6 Å². The summed E-state index contributed by atoms with van der Waals surface area (Å²) in [6.07, 6.45) is 4.42. The van der Waals surface area contributed by atoms with Crippen molar-refractivity contribution in [3.8, 4) is 28.1 Å². The molecule has 3 unspecified atom stereocenters. The van der Waals surface area contributed by atoms with Gasteiger partial charge in [0.15, 0.2) is 0 Å². The van der Waals surface area contributed by atoms with Crippen LogP contribution in [0.3, 0.4) is 0 Å². The number of rotatable bonds is 4. The second-order valence-corrected chi connectivity index (χ2v) is 10.8. The summed E-state index contributed by atoms with van der Waals surface area (Å²) in [5.41, 5.74) is 7.36. The Morgan fingerprint density at radius 2 is 1.97 bits per heavy atom. The molecule has 0 radical (unpaired) electrons. The molecule has 0 spiro atoms. The first-order valence-corrected chi connectivity index (χ1v) is 13.1. The van der Waals surface area contributed by atoms with E-state index in [2.05, 4.69) is 49.9 Å². The van der Waals surface area contributed by atoms with Gasteiger partial charge in [-0.25, -0.2) is 4.98 Å². The van der Waals surface area contributed by atoms with Crippen molar-refractivity contribution < 1.29 is 0 Å². The highest BCUT2D eigenvalue weighted by atomic mass is 35.5. The van der Waals surface area contributed by atoms with Crippen LogP contribution in [0.4, 0.5) is 0 Å². The summed E-state index contributed by atoms with van der Waals surface area (Å²) in [5, 5.41) is 17.8. The van der Waals surface area contributed by atoms with Crippen molar-refractivity contribution in [2.45, 2.75) is 25.3 Å². The highest BCUT2D eigenvalue weighted by molar-refractivity contribution is 6.31. The van der Waals surface area contributed by atoms with Gasteiger partial charge in [0, 0.05) is 46.3 Å². The molecule has 0 bridgehead atoms. The van der Waals surface area contributed by atoms with Gasteiger partial charge in [-0.2, -0.15) is 9.78 Å². The summed E-state index contributed by atoms with van der Waals surface area (Å²) in [7, 11) is 1.95. The maximum atomic E-state index is 13.6. The smallest absolute Gasteiger partial charge is 0.252 e.